The van der Waals surface area contributed by atoms with Crippen molar-refractivity contribution < 1.29 is 14.4 Å². The molecule has 35 heavy (non-hydrogen) atoms. The van der Waals surface area contributed by atoms with Crippen LogP contribution in [0, 0.1) is 0 Å². The highest BCUT2D eigenvalue weighted by molar-refractivity contribution is 9.12. The fourth-order valence-corrected chi connectivity index (χ4v) is 3.68. The normalized spacial score (nSPS) is 10.7. The molecule has 0 aliphatic rings. The van der Waals surface area contributed by atoms with Crippen molar-refractivity contribution in [2.45, 2.75) is 6.42 Å². The fourth-order valence-electron chi connectivity index (χ4n) is 3.59. The van der Waals surface area contributed by atoms with Crippen molar-refractivity contribution in [3.63, 3.8) is 0 Å². The molecule has 0 atom stereocenters. The predicted molar refractivity (Wildman–Crippen MR) is 146 cm³/mol. The first-order chi connectivity index (χ1) is 16.1. The Balaban J connectivity index is 0.00000432. The number of carbonyl (C=O) groups excluding carboxylic acids is 3. The van der Waals surface area contributed by atoms with E-state index in [0.717, 1.165) is 23.9 Å². The van der Waals surface area contributed by atoms with E-state index in [1.165, 1.54) is 0 Å². The average Bonchev–Trinajstić information content (AvgIpc) is 3.30. The number of halogens is 2. The zero-order valence-electron chi connectivity index (χ0n) is 20.1. The maximum Gasteiger partial charge on any atom is 0.272 e. The minimum absolute atomic E-state index is 0. The summed E-state index contributed by atoms with van der Waals surface area (Å²) in [7, 11) is 7.54. The molecule has 0 radical (unpaired) electrons. The molecule has 1 aromatic carbocycles. The lowest BCUT2D eigenvalue weighted by molar-refractivity contribution is -0.112. The van der Waals surface area contributed by atoms with Gasteiger partial charge in [0.1, 0.15) is 11.4 Å². The van der Waals surface area contributed by atoms with Crippen LogP contribution in [0.5, 0.6) is 0 Å². The second kappa shape index (κ2) is 12.1. The van der Waals surface area contributed by atoms with Gasteiger partial charge in [0.25, 0.3) is 17.7 Å². The Labute approximate surface area is 219 Å². The SMILES string of the molecule is C=C(Br)C(=O)Nc1ccc2c(c1)cc(C(=O)Nc1cc(C(=O)NCCCN(C)C)n(C)c1)n2C.Cl. The van der Waals surface area contributed by atoms with Crippen LogP contribution >= 0.6 is 28.3 Å². The van der Waals surface area contributed by atoms with Crippen molar-refractivity contribution in [2.75, 3.05) is 37.8 Å². The van der Waals surface area contributed by atoms with Gasteiger partial charge in [-0.2, -0.15) is 0 Å². The maximum absolute atomic E-state index is 13.0. The van der Waals surface area contributed by atoms with Gasteiger partial charge < -0.3 is 30.0 Å². The molecule has 0 spiro atoms. The van der Waals surface area contributed by atoms with Crippen LogP contribution in [-0.4, -0.2) is 58.9 Å². The van der Waals surface area contributed by atoms with Crippen molar-refractivity contribution in [1.29, 1.82) is 0 Å². The summed E-state index contributed by atoms with van der Waals surface area (Å²) in [4.78, 5) is 39.4. The monoisotopic (exact) mass is 564 g/mol. The van der Waals surface area contributed by atoms with Crippen LogP contribution < -0.4 is 16.0 Å². The summed E-state index contributed by atoms with van der Waals surface area (Å²) in [6, 6.07) is 8.80. The molecule has 9 nitrogen and oxygen atoms in total. The van der Waals surface area contributed by atoms with Crippen LogP contribution in [0.3, 0.4) is 0 Å². The number of anilines is 2. The second-order valence-corrected chi connectivity index (χ2v) is 9.27. The largest absolute Gasteiger partial charge is 0.351 e. The molecule has 2 aromatic heterocycles. The third kappa shape index (κ3) is 6.97. The molecule has 3 amide bonds. The minimum Gasteiger partial charge on any atom is -0.351 e. The Morgan fingerprint density at radius 3 is 2.37 bits per heavy atom. The fraction of sp³-hybridized carbons (Fsp3) is 0.292. The molecule has 0 aliphatic carbocycles. The Bertz CT molecular complexity index is 1260. The molecule has 11 heteroatoms. The number of amides is 3. The summed E-state index contributed by atoms with van der Waals surface area (Å²) < 4.78 is 3.69. The van der Waals surface area contributed by atoms with Gasteiger partial charge in [-0.25, -0.2) is 0 Å². The van der Waals surface area contributed by atoms with E-state index in [4.69, 9.17) is 0 Å². The van der Waals surface area contributed by atoms with Gasteiger partial charge in [0, 0.05) is 43.4 Å². The number of rotatable bonds is 9. The number of hydrogen-bond acceptors (Lipinski definition) is 4. The number of benzene rings is 1. The van der Waals surface area contributed by atoms with Gasteiger partial charge in [-0.05, 0) is 73.3 Å². The highest BCUT2D eigenvalue weighted by Gasteiger charge is 2.17. The topological polar surface area (TPSA) is 100 Å². The number of nitrogens with one attached hydrogen (secondary N) is 3. The molecule has 2 heterocycles. The average molecular weight is 566 g/mol. The smallest absolute Gasteiger partial charge is 0.272 e. The van der Waals surface area contributed by atoms with Gasteiger partial charge in [0.15, 0.2) is 0 Å². The van der Waals surface area contributed by atoms with E-state index in [-0.39, 0.29) is 34.6 Å². The first-order valence-electron chi connectivity index (χ1n) is 10.7. The van der Waals surface area contributed by atoms with E-state index in [0.29, 0.717) is 29.3 Å². The third-order valence-corrected chi connectivity index (χ3v) is 5.70. The molecule has 0 saturated carbocycles. The van der Waals surface area contributed by atoms with Crippen LogP contribution in [0.4, 0.5) is 11.4 Å². The van der Waals surface area contributed by atoms with Crippen molar-refractivity contribution in [3.05, 3.63) is 59.0 Å². The molecule has 0 aliphatic heterocycles. The lowest BCUT2D eigenvalue weighted by Crippen LogP contribution is -2.28. The van der Waals surface area contributed by atoms with E-state index < -0.39 is 0 Å². The number of nitrogens with zero attached hydrogens (tertiary/aromatic N) is 3. The van der Waals surface area contributed by atoms with Crippen molar-refractivity contribution in [3.8, 4) is 0 Å². The molecule has 188 valence electrons. The molecular weight excluding hydrogens is 536 g/mol. The van der Waals surface area contributed by atoms with Crippen LogP contribution in [-0.2, 0) is 18.9 Å². The number of hydrogen-bond donors (Lipinski definition) is 3. The van der Waals surface area contributed by atoms with Crippen molar-refractivity contribution in [1.82, 2.24) is 19.4 Å². The van der Waals surface area contributed by atoms with Gasteiger partial charge in [0.2, 0.25) is 0 Å². The lowest BCUT2D eigenvalue weighted by atomic mass is 10.2. The second-order valence-electron chi connectivity index (χ2n) is 8.31. The van der Waals surface area contributed by atoms with E-state index in [2.05, 4.69) is 43.4 Å². The standard InChI is InChI=1S/C24H29BrN6O3.ClH/c1-15(25)22(32)27-17-7-8-19-16(11-17)12-21(31(19)5)24(34)28-18-13-20(30(4)14-18)23(33)26-9-6-10-29(2)3;/h7-8,11-14H,1,6,9-10H2,2-5H3,(H,26,33)(H,27,32)(H,28,34);1H. The van der Waals surface area contributed by atoms with E-state index in [1.807, 2.05) is 20.2 Å². The summed E-state index contributed by atoms with van der Waals surface area (Å²) in [5.41, 5.74) is 2.87. The Hall–Kier alpha value is -3.08. The molecular formula is C24H30BrClN6O3. The van der Waals surface area contributed by atoms with E-state index in [9.17, 15) is 14.4 Å². The Morgan fingerprint density at radius 1 is 1.00 bits per heavy atom. The van der Waals surface area contributed by atoms with Crippen LogP contribution in [0.2, 0.25) is 0 Å². The number of aromatic nitrogens is 2. The van der Waals surface area contributed by atoms with Gasteiger partial charge in [-0.3, -0.25) is 14.4 Å². The molecule has 0 saturated heterocycles. The number of fused-ring (bicyclic) bond motifs is 1. The zero-order valence-corrected chi connectivity index (χ0v) is 22.5. The molecule has 3 rings (SSSR count). The van der Waals surface area contributed by atoms with Crippen LogP contribution in [0.1, 0.15) is 27.4 Å². The summed E-state index contributed by atoms with van der Waals surface area (Å²) in [5.74, 6) is -0.830. The van der Waals surface area contributed by atoms with E-state index in [1.54, 1.807) is 53.7 Å². The van der Waals surface area contributed by atoms with Gasteiger partial charge in [0.05, 0.1) is 10.2 Å². The minimum atomic E-state index is -0.338. The quantitative estimate of drug-likeness (QED) is 0.272. The number of carbonyl (C=O) groups is 3. The summed E-state index contributed by atoms with van der Waals surface area (Å²) in [6.07, 6.45) is 2.56. The molecule has 0 bridgehead atoms. The summed E-state index contributed by atoms with van der Waals surface area (Å²) in [5, 5.41) is 9.31. The third-order valence-electron chi connectivity index (χ3n) is 5.34. The lowest BCUT2D eigenvalue weighted by Gasteiger charge is -2.10. The molecule has 0 unspecified atom stereocenters. The zero-order chi connectivity index (χ0) is 25.0. The van der Waals surface area contributed by atoms with Crippen molar-refractivity contribution in [2.24, 2.45) is 14.1 Å². The first-order valence-corrected chi connectivity index (χ1v) is 11.5. The Kier molecular flexibility index (Phi) is 9.70. The Morgan fingerprint density at radius 2 is 1.71 bits per heavy atom. The number of aryl methyl sites for hydroxylation is 2. The molecule has 3 N–H and O–H groups in total. The van der Waals surface area contributed by atoms with Crippen molar-refractivity contribution >= 4 is 68.3 Å². The van der Waals surface area contributed by atoms with Gasteiger partial charge >= 0.3 is 0 Å². The molecule has 3 aromatic rings. The summed E-state index contributed by atoms with van der Waals surface area (Å²) >= 11 is 3.06. The van der Waals surface area contributed by atoms with Gasteiger partial charge in [-0.1, -0.05) is 6.58 Å². The predicted octanol–water partition coefficient (Wildman–Crippen LogP) is 3.72. The van der Waals surface area contributed by atoms with E-state index >= 15 is 0 Å². The highest BCUT2D eigenvalue weighted by atomic mass is 79.9. The van der Waals surface area contributed by atoms with Crippen LogP contribution in [0.15, 0.2) is 47.6 Å². The van der Waals surface area contributed by atoms with Gasteiger partial charge in [-0.15, -0.1) is 12.4 Å². The highest BCUT2D eigenvalue weighted by Crippen LogP contribution is 2.24. The summed E-state index contributed by atoms with van der Waals surface area (Å²) in [6.45, 7) is 5.02. The molecule has 0 fully saturated rings. The maximum atomic E-state index is 13.0. The first kappa shape index (κ1) is 28.2. The van der Waals surface area contributed by atoms with Crippen LogP contribution in [0.25, 0.3) is 10.9 Å².